The van der Waals surface area contributed by atoms with Crippen LogP contribution in [0.2, 0.25) is 0 Å². The Hall–Kier alpha value is -1.03. The van der Waals surface area contributed by atoms with Crippen LogP contribution in [-0.2, 0) is 0 Å². The van der Waals surface area contributed by atoms with Gasteiger partial charge in [0.1, 0.15) is 0 Å². The van der Waals surface area contributed by atoms with E-state index in [2.05, 4.69) is 10.9 Å². The molecule has 8 heavy (non-hydrogen) atoms. The van der Waals surface area contributed by atoms with Gasteiger partial charge in [-0.1, -0.05) is 5.92 Å². The first-order valence-electron chi connectivity index (χ1n) is 2.42. The molecule has 0 radical (unpaired) electrons. The van der Waals surface area contributed by atoms with Crippen molar-refractivity contribution >= 4 is 6.21 Å². The maximum absolute atomic E-state index is 5.02. The number of allylic oxidation sites excluding steroid dienone is 1. The molecule has 0 aromatic carbocycles. The Kier molecular flexibility index (Phi) is 3.60. The Morgan fingerprint density at radius 3 is 2.75 bits per heavy atom. The van der Waals surface area contributed by atoms with E-state index in [0.29, 0.717) is 0 Å². The number of hydrogen-bond acceptors (Lipinski definition) is 1. The Balaban J connectivity index is 3.81. The van der Waals surface area contributed by atoms with Crippen molar-refractivity contribution < 1.29 is 0 Å². The molecule has 0 aliphatic rings. The predicted octanol–water partition coefficient (Wildman–Crippen LogP) is 1.61. The number of aliphatic imine (C=N–C) groups is 1. The highest BCUT2D eigenvalue weighted by Crippen LogP contribution is 1.86. The van der Waals surface area contributed by atoms with E-state index < -0.39 is 0 Å². The minimum Gasteiger partial charge on any atom is -0.268 e. The van der Waals surface area contributed by atoms with Crippen LogP contribution in [0.15, 0.2) is 16.8 Å². The predicted molar refractivity (Wildman–Crippen MR) is 36.8 cm³/mol. The summed E-state index contributed by atoms with van der Waals surface area (Å²) in [5, 5.41) is 0. The molecule has 0 spiro atoms. The molecule has 0 amide bonds. The van der Waals surface area contributed by atoms with Crippen LogP contribution in [0.5, 0.6) is 0 Å². The third-order valence-corrected chi connectivity index (χ3v) is 0.645. The van der Waals surface area contributed by atoms with Gasteiger partial charge in [-0.2, -0.15) is 0 Å². The molecule has 0 atom stereocenters. The lowest BCUT2D eigenvalue weighted by molar-refractivity contribution is 1.46. The zero-order valence-electron chi connectivity index (χ0n) is 5.18. The monoisotopic (exact) mass is 107 g/mol. The van der Waals surface area contributed by atoms with E-state index in [4.69, 9.17) is 6.42 Å². The molecule has 1 heteroatoms. The smallest absolute Gasteiger partial charge is 0.0376 e. The first kappa shape index (κ1) is 6.97. The van der Waals surface area contributed by atoms with Gasteiger partial charge < -0.3 is 0 Å². The van der Waals surface area contributed by atoms with Crippen LogP contribution in [0.25, 0.3) is 0 Å². The molecule has 0 heterocycles. The Labute approximate surface area is 50.1 Å². The fourth-order valence-electron chi connectivity index (χ4n) is 0.224. The average Bonchev–Trinajstić information content (AvgIpc) is 1.83. The summed E-state index contributed by atoms with van der Waals surface area (Å²) >= 11 is 0. The Morgan fingerprint density at radius 2 is 2.38 bits per heavy atom. The summed E-state index contributed by atoms with van der Waals surface area (Å²) < 4.78 is 0. The fraction of sp³-hybridized carbons (Fsp3) is 0.286. The van der Waals surface area contributed by atoms with Gasteiger partial charge in [-0.05, 0) is 13.8 Å². The van der Waals surface area contributed by atoms with Crippen LogP contribution in [0, 0.1) is 12.3 Å². The van der Waals surface area contributed by atoms with Gasteiger partial charge in [0.25, 0.3) is 0 Å². The van der Waals surface area contributed by atoms with Crippen molar-refractivity contribution in [3.63, 3.8) is 0 Å². The van der Waals surface area contributed by atoms with Crippen molar-refractivity contribution in [1.82, 2.24) is 0 Å². The third kappa shape index (κ3) is 3.17. The minimum absolute atomic E-state index is 0.850. The minimum atomic E-state index is 0.850. The second-order valence-corrected chi connectivity index (χ2v) is 1.36. The van der Waals surface area contributed by atoms with E-state index in [1.165, 1.54) is 0 Å². The Morgan fingerprint density at radius 1 is 1.75 bits per heavy atom. The van der Waals surface area contributed by atoms with Gasteiger partial charge in [-0.25, -0.2) is 0 Å². The molecule has 42 valence electrons. The maximum Gasteiger partial charge on any atom is 0.0376 e. The summed E-state index contributed by atoms with van der Waals surface area (Å²) in [4.78, 5) is 3.81. The van der Waals surface area contributed by atoms with E-state index >= 15 is 0 Å². The first-order chi connectivity index (χ1) is 3.81. The summed E-state index contributed by atoms with van der Waals surface area (Å²) in [6.45, 7) is 3.69. The molecule has 0 aromatic rings. The molecule has 0 rings (SSSR count). The zero-order chi connectivity index (χ0) is 6.41. The molecule has 0 aromatic heterocycles. The summed E-state index contributed by atoms with van der Waals surface area (Å²) in [7, 11) is 0. The summed E-state index contributed by atoms with van der Waals surface area (Å²) in [5.74, 6) is 2.45. The normalized spacial score (nSPS) is 11.9. The molecule has 0 unspecified atom stereocenters. The molecule has 0 saturated heterocycles. The van der Waals surface area contributed by atoms with Crippen LogP contribution in [-0.4, -0.2) is 6.21 Å². The van der Waals surface area contributed by atoms with Crippen molar-refractivity contribution in [3.8, 4) is 12.3 Å². The van der Waals surface area contributed by atoms with Gasteiger partial charge in [-0.15, -0.1) is 6.42 Å². The standard InChI is InChI=1S/C7H9N/c1-4-7(3)6-8-5-2/h1,5-6H,2-3H3/b7-6-,8-5?. The Bertz CT molecular complexity index is 146. The summed E-state index contributed by atoms with van der Waals surface area (Å²) in [6.07, 6.45) is 8.37. The second-order valence-electron chi connectivity index (χ2n) is 1.36. The van der Waals surface area contributed by atoms with Crippen LogP contribution in [0.1, 0.15) is 13.8 Å². The van der Waals surface area contributed by atoms with Crippen molar-refractivity contribution in [2.75, 3.05) is 0 Å². The third-order valence-electron chi connectivity index (χ3n) is 0.645. The average molecular weight is 107 g/mol. The second kappa shape index (κ2) is 4.14. The van der Waals surface area contributed by atoms with E-state index in [9.17, 15) is 0 Å². The molecule has 0 aliphatic heterocycles. The molecular weight excluding hydrogens is 98.1 g/mol. The molecule has 0 fully saturated rings. The van der Waals surface area contributed by atoms with Crippen LogP contribution < -0.4 is 0 Å². The highest BCUT2D eigenvalue weighted by atomic mass is 14.7. The SMILES string of the molecule is C#C/C(C)=C\N=CC. The first-order valence-corrected chi connectivity index (χ1v) is 2.42. The lowest BCUT2D eigenvalue weighted by atomic mass is 10.4. The number of terminal acetylenes is 1. The number of rotatable bonds is 1. The van der Waals surface area contributed by atoms with Gasteiger partial charge in [0, 0.05) is 18.0 Å². The highest BCUT2D eigenvalue weighted by Gasteiger charge is 1.71. The van der Waals surface area contributed by atoms with Gasteiger partial charge in [0.05, 0.1) is 0 Å². The molecule has 0 N–H and O–H groups in total. The van der Waals surface area contributed by atoms with E-state index in [-0.39, 0.29) is 0 Å². The van der Waals surface area contributed by atoms with Crippen molar-refractivity contribution in [3.05, 3.63) is 11.8 Å². The fourth-order valence-corrected chi connectivity index (χ4v) is 0.224. The molecule has 1 nitrogen and oxygen atoms in total. The topological polar surface area (TPSA) is 12.4 Å². The molecule has 0 aliphatic carbocycles. The zero-order valence-corrected chi connectivity index (χ0v) is 5.18. The molecule has 0 saturated carbocycles. The summed E-state index contributed by atoms with van der Waals surface area (Å²) in [6, 6.07) is 0. The van der Waals surface area contributed by atoms with E-state index in [1.54, 1.807) is 12.4 Å². The number of nitrogens with zero attached hydrogens (tertiary/aromatic N) is 1. The van der Waals surface area contributed by atoms with Crippen molar-refractivity contribution in [2.45, 2.75) is 13.8 Å². The van der Waals surface area contributed by atoms with Crippen molar-refractivity contribution in [1.29, 1.82) is 0 Å². The maximum atomic E-state index is 5.02. The lowest BCUT2D eigenvalue weighted by Crippen LogP contribution is -1.63. The highest BCUT2D eigenvalue weighted by molar-refractivity contribution is 5.54. The van der Waals surface area contributed by atoms with E-state index in [0.717, 1.165) is 5.57 Å². The quantitative estimate of drug-likeness (QED) is 0.356. The van der Waals surface area contributed by atoms with Gasteiger partial charge >= 0.3 is 0 Å². The van der Waals surface area contributed by atoms with Crippen LogP contribution in [0.4, 0.5) is 0 Å². The van der Waals surface area contributed by atoms with Gasteiger partial charge in [0.15, 0.2) is 0 Å². The van der Waals surface area contributed by atoms with Crippen molar-refractivity contribution in [2.24, 2.45) is 4.99 Å². The van der Waals surface area contributed by atoms with Crippen LogP contribution in [0.3, 0.4) is 0 Å². The summed E-state index contributed by atoms with van der Waals surface area (Å²) in [5.41, 5.74) is 0.850. The van der Waals surface area contributed by atoms with Crippen LogP contribution >= 0.6 is 0 Å². The van der Waals surface area contributed by atoms with E-state index in [1.807, 2.05) is 13.8 Å². The largest absolute Gasteiger partial charge is 0.268 e. The van der Waals surface area contributed by atoms with Gasteiger partial charge in [0.2, 0.25) is 0 Å². The molecular formula is C7H9N. The number of hydrogen-bond donors (Lipinski definition) is 0. The molecule has 0 bridgehead atoms. The lowest BCUT2D eigenvalue weighted by Gasteiger charge is -1.78. The van der Waals surface area contributed by atoms with Gasteiger partial charge in [-0.3, -0.25) is 4.99 Å².